The predicted molar refractivity (Wildman–Crippen MR) is 356 cm³/mol. The van der Waals surface area contributed by atoms with Gasteiger partial charge in [-0.1, -0.05) is 61.8 Å². The van der Waals surface area contributed by atoms with Crippen LogP contribution in [0.4, 0.5) is 4.79 Å². The summed E-state index contributed by atoms with van der Waals surface area (Å²) < 4.78 is 53.6. The Hall–Kier alpha value is -6.85. The van der Waals surface area contributed by atoms with Gasteiger partial charge in [0.25, 0.3) is 10.0 Å². The fraction of sp³-hybridized carbons (Fsp3) is 0.754. The number of guanidine groups is 1. The second kappa shape index (κ2) is 35.8. The van der Waals surface area contributed by atoms with Crippen molar-refractivity contribution in [3.05, 3.63) is 22.3 Å². The van der Waals surface area contributed by atoms with Crippen molar-refractivity contribution in [2.24, 2.45) is 34.4 Å². The van der Waals surface area contributed by atoms with Crippen LogP contribution in [0.5, 0.6) is 5.75 Å². The second-order valence-corrected chi connectivity index (χ2v) is 30.8. The summed E-state index contributed by atoms with van der Waals surface area (Å²) in [7, 11) is -4.31. The highest BCUT2D eigenvalue weighted by Crippen LogP contribution is 2.42. The molecule has 0 unspecified atom stereocenters. The molecule has 28 nitrogen and oxygen atoms in total. The molecule has 0 aromatic heterocycles. The van der Waals surface area contributed by atoms with Crippen molar-refractivity contribution < 1.29 is 80.7 Å². The number of carbonyl (C=O) groups excluding carboxylic acids is 8. The maximum atomic E-state index is 14.8. The van der Waals surface area contributed by atoms with Crippen molar-refractivity contribution in [3.8, 4) is 5.75 Å². The van der Waals surface area contributed by atoms with E-state index in [9.17, 15) is 61.8 Å². The highest BCUT2D eigenvalue weighted by molar-refractivity contribution is 7.90. The number of aliphatic hydroxyl groups is 1. The van der Waals surface area contributed by atoms with Crippen molar-refractivity contribution in [1.82, 2.24) is 47.3 Å². The topological polar surface area (TPSA) is 412 Å². The molecule has 1 heterocycles. The minimum absolute atomic E-state index is 0.00118. The summed E-state index contributed by atoms with van der Waals surface area (Å²) in [4.78, 5) is 129. The molecule has 1 aliphatic rings. The van der Waals surface area contributed by atoms with Crippen LogP contribution in [0.2, 0.25) is 0 Å². The van der Waals surface area contributed by atoms with Crippen LogP contribution in [0.25, 0.3) is 0 Å². The van der Waals surface area contributed by atoms with Gasteiger partial charge in [0.1, 0.15) is 53.2 Å². The molecule has 29 heteroatoms. The van der Waals surface area contributed by atoms with Crippen LogP contribution in [0.3, 0.4) is 0 Å². The minimum Gasteiger partial charge on any atom is -0.487 e. The summed E-state index contributed by atoms with van der Waals surface area (Å²) >= 11 is 0. The lowest BCUT2D eigenvalue weighted by atomic mass is 9.88. The summed E-state index contributed by atoms with van der Waals surface area (Å²) in [6.45, 7) is 36.4. The van der Waals surface area contributed by atoms with Gasteiger partial charge in [0.2, 0.25) is 47.3 Å². The summed E-state index contributed by atoms with van der Waals surface area (Å²) in [5, 5.41) is 41.7. The minimum atomic E-state index is -4.31. The molecule has 2 rings (SSSR count). The number of sulfonamides is 1. The smallest absolute Gasteiger partial charge is 0.408 e. The van der Waals surface area contributed by atoms with Crippen LogP contribution in [0.1, 0.15) is 192 Å². The number of aliphatic hydroxyl groups excluding tert-OH is 1. The molecular formula is C65H113N11O17S. The van der Waals surface area contributed by atoms with E-state index in [-0.39, 0.29) is 62.2 Å². The average molecular weight is 1350 g/mol. The van der Waals surface area contributed by atoms with Gasteiger partial charge in [0.05, 0.1) is 42.0 Å². The lowest BCUT2D eigenvalue weighted by molar-refractivity contribution is -0.146. The van der Waals surface area contributed by atoms with E-state index in [1.54, 1.807) is 138 Å². The van der Waals surface area contributed by atoms with E-state index in [4.69, 9.17) is 24.7 Å². The molecule has 1 aliphatic heterocycles. The highest BCUT2D eigenvalue weighted by atomic mass is 32.2. The van der Waals surface area contributed by atoms with Gasteiger partial charge < -0.3 is 77.4 Å². The maximum absolute atomic E-state index is 14.8. The number of fused-ring (bicyclic) bond motifs is 1. The van der Waals surface area contributed by atoms with Crippen LogP contribution < -0.4 is 57.7 Å². The number of aliphatic carboxylic acids is 1. The second-order valence-electron chi connectivity index (χ2n) is 29.1. The van der Waals surface area contributed by atoms with Gasteiger partial charge in [-0.2, -0.15) is 0 Å². The zero-order valence-electron chi connectivity index (χ0n) is 59.7. The van der Waals surface area contributed by atoms with Crippen LogP contribution >= 0.6 is 0 Å². The Morgan fingerprint density at radius 2 is 1.13 bits per heavy atom. The number of nitrogens with one attached hydrogen (secondary N) is 9. The predicted octanol–water partition coefficient (Wildman–Crippen LogP) is 3.88. The van der Waals surface area contributed by atoms with E-state index in [1.165, 1.54) is 0 Å². The Labute approximate surface area is 556 Å². The number of amides is 8. The standard InChI is InChI=1S/C65H113N11O17S/c1-23-37(8)48(57(83)71-43(29-34(2)3)53(79)68-31-47(77)69-45(32-90-62(12,13)14)56(82)73-46(59(85)86)33-91-63(15,16)17)74-54(80)42(70-55(81)44(30-35(4)5)72-58(84)49(50(78)36(6)7)75-61(87)93-64(18,19)20)25-24-28-67-60(66)76-94(88,89)52-39(10)38(9)51-41(40(52)11)26-27-65(21,22)92-51/h34-37,42-46,48-50,78H,23-33H2,1-22H3,(H,68,79)(H,69,77)(H,70,81)(H,71,83)(H,72,84)(H,73,82)(H,74,80)(H,75,87)(H,85,86)(H3,66,67,76)/t37-,42+,43-,44-,45-,46-,48-,49-,50+/m0/s1. The molecule has 536 valence electrons. The van der Waals surface area contributed by atoms with Gasteiger partial charge >= 0.3 is 12.1 Å². The number of aliphatic imine (C=N–C) groups is 1. The number of nitrogens with two attached hydrogens (primary N) is 1. The quantitative estimate of drug-likeness (QED) is 0.0265. The Morgan fingerprint density at radius 1 is 0.638 bits per heavy atom. The molecule has 0 saturated heterocycles. The summed E-state index contributed by atoms with van der Waals surface area (Å²) in [6, 6.07) is -10.0. The molecule has 0 saturated carbocycles. The third-order valence-corrected chi connectivity index (χ3v) is 16.9. The lowest BCUT2D eigenvalue weighted by Crippen LogP contribution is -2.61. The first kappa shape index (κ1) is 83.2. The summed E-state index contributed by atoms with van der Waals surface area (Å²) in [5.74, 6) is -8.92. The Morgan fingerprint density at radius 3 is 1.63 bits per heavy atom. The first-order valence-corrected chi connectivity index (χ1v) is 33.9. The SMILES string of the molecule is CC[C@H](C)[C@H](NC(=O)[C@@H](CCCN=C(N)NS(=O)(=O)c1c(C)c(C)c2c(c1C)CCC(C)(C)O2)NC(=O)[C@H](CC(C)C)NC(=O)[C@@H](NC(=O)OC(C)(C)C)[C@H](O)C(C)C)C(=O)N[C@@H](CC(C)C)C(=O)NCC(=O)N[C@@H](COC(C)(C)C)C(=O)N[C@@H](COC(C)(C)C)C(=O)O. The average Bonchev–Trinajstić information content (AvgIpc) is 0.748. The Bertz CT molecular complexity index is 2950. The van der Waals surface area contributed by atoms with Crippen molar-refractivity contribution in [2.75, 3.05) is 26.3 Å². The molecule has 1 aromatic carbocycles. The summed E-state index contributed by atoms with van der Waals surface area (Å²) in [5.41, 5.74) is 5.72. The fourth-order valence-electron chi connectivity index (χ4n) is 9.85. The molecule has 0 aliphatic carbocycles. The van der Waals surface area contributed by atoms with Crippen LogP contribution in [0.15, 0.2) is 9.89 Å². The maximum Gasteiger partial charge on any atom is 0.408 e. The largest absolute Gasteiger partial charge is 0.487 e. The van der Waals surface area contributed by atoms with Gasteiger partial charge in [0.15, 0.2) is 6.04 Å². The van der Waals surface area contributed by atoms with Crippen molar-refractivity contribution in [3.63, 3.8) is 0 Å². The molecule has 9 atom stereocenters. The van der Waals surface area contributed by atoms with Crippen LogP contribution in [-0.2, 0) is 69.0 Å². The Kier molecular flexibility index (Phi) is 31.7. The van der Waals surface area contributed by atoms with E-state index in [1.807, 2.05) is 13.8 Å². The van der Waals surface area contributed by atoms with Gasteiger partial charge in [-0.05, 0) is 181 Å². The molecule has 0 radical (unpaired) electrons. The Balaban J connectivity index is 2.58. The molecule has 94 heavy (non-hydrogen) atoms. The first-order valence-electron chi connectivity index (χ1n) is 32.4. The summed E-state index contributed by atoms with van der Waals surface area (Å²) in [6.07, 6.45) is -1.09. The number of carboxylic acids is 1. The lowest BCUT2D eigenvalue weighted by Gasteiger charge is -2.35. The van der Waals surface area contributed by atoms with Gasteiger partial charge in [-0.15, -0.1) is 0 Å². The third kappa shape index (κ3) is 28.2. The number of carboxylic acid groups (broad SMARTS) is 1. The number of alkyl carbamates (subject to hydrolysis) is 1. The number of hydrogen-bond acceptors (Lipinski definition) is 17. The number of nitrogens with zero attached hydrogens (tertiary/aromatic N) is 1. The van der Waals surface area contributed by atoms with Crippen molar-refractivity contribution in [1.29, 1.82) is 0 Å². The normalized spacial score (nSPS) is 16.5. The van der Waals surface area contributed by atoms with Crippen LogP contribution in [0, 0.1) is 44.4 Å². The van der Waals surface area contributed by atoms with Gasteiger partial charge in [-0.3, -0.25) is 38.6 Å². The van der Waals surface area contributed by atoms with Gasteiger partial charge in [-0.25, -0.2) is 22.7 Å². The molecule has 0 fully saturated rings. The van der Waals surface area contributed by atoms with Crippen molar-refractivity contribution >= 4 is 69.4 Å². The van der Waals surface area contributed by atoms with Gasteiger partial charge in [0, 0.05) is 6.54 Å². The molecule has 1 aromatic rings. The molecule has 13 N–H and O–H groups in total. The number of hydrogen-bond donors (Lipinski definition) is 12. The van der Waals surface area contributed by atoms with E-state index in [0.717, 1.165) is 5.56 Å². The first-order chi connectivity index (χ1) is 43.0. The monoisotopic (exact) mass is 1350 g/mol. The van der Waals surface area contributed by atoms with E-state index in [2.05, 4.69) is 52.2 Å². The fourth-order valence-corrected chi connectivity index (χ4v) is 11.4. The number of benzene rings is 1. The van der Waals surface area contributed by atoms with E-state index in [0.29, 0.717) is 41.7 Å². The van der Waals surface area contributed by atoms with Crippen LogP contribution in [-0.4, -0.2) is 175 Å². The number of carbonyl (C=O) groups is 9. The van der Waals surface area contributed by atoms with E-state index >= 15 is 0 Å². The molecule has 0 bridgehead atoms. The molecular weight excluding hydrogens is 1240 g/mol. The molecule has 8 amide bonds. The zero-order chi connectivity index (χ0) is 72.3. The third-order valence-electron chi connectivity index (χ3n) is 15.2. The zero-order valence-corrected chi connectivity index (χ0v) is 60.5. The number of ether oxygens (including phenoxy) is 4. The highest BCUT2D eigenvalue weighted by Gasteiger charge is 2.39. The molecule has 0 spiro atoms. The van der Waals surface area contributed by atoms with E-state index < -0.39 is 159 Å². The van der Waals surface area contributed by atoms with Crippen molar-refractivity contribution in [2.45, 2.75) is 273 Å². The number of rotatable bonds is 34.